The second-order valence-corrected chi connectivity index (χ2v) is 9.05. The molecular weight excluding hydrogens is 364 g/mol. The van der Waals surface area contributed by atoms with Crippen molar-refractivity contribution >= 4 is 50.1 Å². The van der Waals surface area contributed by atoms with Crippen LogP contribution in [-0.4, -0.2) is 19.7 Å². The van der Waals surface area contributed by atoms with Crippen molar-refractivity contribution in [2.75, 3.05) is 10.0 Å². The molecule has 2 aromatic rings. The minimum Gasteiger partial charge on any atom is -0.467 e. The molecule has 1 aliphatic heterocycles. The molecule has 2 N–H and O–H groups in total. The number of aryl methyl sites for hydroxylation is 2. The molecule has 1 aromatic heterocycles. The minimum absolute atomic E-state index is 0.141. The largest absolute Gasteiger partial charge is 0.467 e. The molecule has 128 valence electrons. The Balaban J connectivity index is 2.12. The summed E-state index contributed by atoms with van der Waals surface area (Å²) in [6.07, 6.45) is 0.422. The summed E-state index contributed by atoms with van der Waals surface area (Å²) in [4.78, 5) is 0. The van der Waals surface area contributed by atoms with Crippen LogP contribution < -0.4 is 10.0 Å². The number of hydrogen-bond donors (Lipinski definition) is 2. The van der Waals surface area contributed by atoms with Gasteiger partial charge in [0.2, 0.25) is 0 Å². The van der Waals surface area contributed by atoms with Crippen molar-refractivity contribution in [3.8, 4) is 0 Å². The van der Waals surface area contributed by atoms with E-state index in [-0.39, 0.29) is 10.3 Å². The van der Waals surface area contributed by atoms with Crippen LogP contribution in [0.25, 0.3) is 0 Å². The summed E-state index contributed by atoms with van der Waals surface area (Å²) >= 11 is 6.37. The van der Waals surface area contributed by atoms with Gasteiger partial charge in [-0.1, -0.05) is 12.1 Å². The van der Waals surface area contributed by atoms with E-state index in [1.54, 1.807) is 17.5 Å². The highest BCUT2D eigenvalue weighted by Crippen LogP contribution is 2.36. The fraction of sp³-hybridized carbons (Fsp3) is 0.312. The van der Waals surface area contributed by atoms with E-state index in [9.17, 15) is 8.42 Å². The smallest absolute Gasteiger partial charge is 0.271 e. The van der Waals surface area contributed by atoms with Gasteiger partial charge in [-0.2, -0.15) is 0 Å². The Labute approximate surface area is 151 Å². The average molecular weight is 383 g/mol. The lowest BCUT2D eigenvalue weighted by atomic mass is 9.97. The molecule has 0 saturated heterocycles. The third-order valence-corrected chi connectivity index (χ3v) is 6.79. The molecule has 0 amide bonds. The van der Waals surface area contributed by atoms with Crippen LogP contribution in [0, 0.1) is 13.8 Å². The average Bonchev–Trinajstić information content (AvgIpc) is 2.97. The zero-order valence-electron chi connectivity index (χ0n) is 13.5. The molecule has 1 aromatic carbocycles. The Kier molecular flexibility index (Phi) is 4.54. The second-order valence-electron chi connectivity index (χ2n) is 5.82. The van der Waals surface area contributed by atoms with Gasteiger partial charge in [0.05, 0.1) is 11.4 Å². The topological polar surface area (TPSA) is 67.4 Å². The van der Waals surface area contributed by atoms with Crippen molar-refractivity contribution in [2.45, 2.75) is 37.5 Å². The van der Waals surface area contributed by atoms with Gasteiger partial charge in [0.1, 0.15) is 10.3 Å². The number of ether oxygens (including phenoxy) is 1. The molecule has 0 fully saturated rings. The van der Waals surface area contributed by atoms with Crippen LogP contribution in [0.2, 0.25) is 0 Å². The normalized spacial score (nSPS) is 17.5. The van der Waals surface area contributed by atoms with Gasteiger partial charge in [0, 0.05) is 12.0 Å². The van der Waals surface area contributed by atoms with Crippen molar-refractivity contribution in [1.29, 1.82) is 0 Å². The number of benzene rings is 1. The van der Waals surface area contributed by atoms with E-state index in [2.05, 4.69) is 10.0 Å². The fourth-order valence-electron chi connectivity index (χ4n) is 2.83. The van der Waals surface area contributed by atoms with Gasteiger partial charge in [0.25, 0.3) is 15.2 Å². The maximum absolute atomic E-state index is 12.6. The van der Waals surface area contributed by atoms with E-state index >= 15 is 0 Å². The van der Waals surface area contributed by atoms with Crippen LogP contribution in [0.5, 0.6) is 0 Å². The van der Waals surface area contributed by atoms with Crippen LogP contribution >= 0.6 is 23.6 Å². The summed E-state index contributed by atoms with van der Waals surface area (Å²) in [5.74, 6) is 0. The Hall–Kier alpha value is -1.64. The zero-order chi connectivity index (χ0) is 17.5. The maximum atomic E-state index is 12.6. The molecule has 3 rings (SSSR count). The van der Waals surface area contributed by atoms with Crippen molar-refractivity contribution in [3.05, 3.63) is 40.3 Å². The predicted octanol–water partition coefficient (Wildman–Crippen LogP) is 3.82. The van der Waals surface area contributed by atoms with Crippen molar-refractivity contribution in [3.63, 3.8) is 0 Å². The third-order valence-electron chi connectivity index (χ3n) is 3.85. The molecule has 0 radical (unpaired) electrons. The maximum Gasteiger partial charge on any atom is 0.271 e. The molecule has 1 unspecified atom stereocenters. The van der Waals surface area contributed by atoms with Crippen LogP contribution in [0.15, 0.2) is 27.8 Å². The van der Waals surface area contributed by atoms with Gasteiger partial charge in [-0.3, -0.25) is 4.72 Å². The molecule has 1 aliphatic rings. The van der Waals surface area contributed by atoms with Gasteiger partial charge >= 0.3 is 0 Å². The Morgan fingerprint density at radius 2 is 2.12 bits per heavy atom. The van der Waals surface area contributed by atoms with Crippen molar-refractivity contribution in [1.82, 2.24) is 0 Å². The van der Waals surface area contributed by atoms with Gasteiger partial charge < -0.3 is 10.1 Å². The van der Waals surface area contributed by atoms with Crippen LogP contribution in [0.1, 0.15) is 23.6 Å². The summed E-state index contributed by atoms with van der Waals surface area (Å²) in [5.41, 5.74) is 4.16. The number of fused-ring (bicyclic) bond motifs is 1. The summed E-state index contributed by atoms with van der Waals surface area (Å²) in [5, 5.41) is 5.14. The number of anilines is 2. The number of sulfonamides is 1. The van der Waals surface area contributed by atoms with Gasteiger partial charge in [-0.15, -0.1) is 11.3 Å². The molecule has 5 nitrogen and oxygen atoms in total. The molecule has 1 atom stereocenters. The number of rotatable bonds is 3. The molecule has 8 heteroatoms. The number of thiophene rings is 1. The summed E-state index contributed by atoms with van der Waals surface area (Å²) in [6.45, 7) is 5.78. The lowest BCUT2D eigenvalue weighted by Crippen LogP contribution is -2.17. The van der Waals surface area contributed by atoms with E-state index in [0.717, 1.165) is 22.4 Å². The molecule has 24 heavy (non-hydrogen) atoms. The van der Waals surface area contributed by atoms with Gasteiger partial charge in [-0.25, -0.2) is 8.42 Å². The van der Waals surface area contributed by atoms with Crippen LogP contribution in [0.3, 0.4) is 0 Å². The lowest BCUT2D eigenvalue weighted by molar-refractivity contribution is 0.217. The Morgan fingerprint density at radius 1 is 1.38 bits per heavy atom. The zero-order valence-corrected chi connectivity index (χ0v) is 16.0. The standard InChI is InChI=1S/C16H18N2O3S3/c1-9-7-10(2)15(18-24(19,20)13-5-4-6-23-13)12-8-11(3)21-16(22)17-14(9)12/h4-7,11,18H,8H2,1-3H3,(H,17,22). The molecule has 0 bridgehead atoms. The van der Waals surface area contributed by atoms with Gasteiger partial charge in [-0.05, 0) is 55.6 Å². The first-order valence-electron chi connectivity index (χ1n) is 7.45. The van der Waals surface area contributed by atoms with Crippen LogP contribution in [-0.2, 0) is 21.2 Å². The monoisotopic (exact) mass is 382 g/mol. The molecule has 0 aliphatic carbocycles. The van der Waals surface area contributed by atoms with Crippen molar-refractivity contribution in [2.24, 2.45) is 0 Å². The van der Waals surface area contributed by atoms with E-state index in [0.29, 0.717) is 17.3 Å². The van der Waals surface area contributed by atoms with E-state index in [1.165, 1.54) is 11.3 Å². The Bertz CT molecular complexity index is 890. The third kappa shape index (κ3) is 3.26. The SMILES string of the molecule is Cc1cc(C)c(NS(=O)(=O)c2cccs2)c2c1NC(=S)OC(C)C2. The highest BCUT2D eigenvalue weighted by Gasteiger charge is 2.25. The van der Waals surface area contributed by atoms with Crippen LogP contribution in [0.4, 0.5) is 11.4 Å². The van der Waals surface area contributed by atoms with E-state index in [1.807, 2.05) is 26.8 Å². The second kappa shape index (κ2) is 6.34. The summed E-state index contributed by atoms with van der Waals surface area (Å²) < 4.78 is 33.9. The predicted molar refractivity (Wildman–Crippen MR) is 102 cm³/mol. The number of hydrogen-bond acceptors (Lipinski definition) is 5. The number of thiocarbonyl (C=S) groups is 1. The fourth-order valence-corrected chi connectivity index (χ4v) is 5.26. The first-order chi connectivity index (χ1) is 11.3. The van der Waals surface area contributed by atoms with Crippen molar-refractivity contribution < 1.29 is 13.2 Å². The molecular formula is C16H18N2O3S3. The molecule has 2 heterocycles. The summed E-state index contributed by atoms with van der Waals surface area (Å²) in [6, 6.07) is 5.25. The minimum atomic E-state index is -3.61. The lowest BCUT2D eigenvalue weighted by Gasteiger charge is -2.19. The van der Waals surface area contributed by atoms with E-state index in [4.69, 9.17) is 17.0 Å². The number of nitrogens with one attached hydrogen (secondary N) is 2. The highest BCUT2D eigenvalue weighted by atomic mass is 32.2. The quantitative estimate of drug-likeness (QED) is 0.790. The molecule has 0 saturated carbocycles. The first-order valence-corrected chi connectivity index (χ1v) is 10.2. The Morgan fingerprint density at radius 3 is 2.79 bits per heavy atom. The molecule has 0 spiro atoms. The van der Waals surface area contributed by atoms with E-state index < -0.39 is 10.0 Å². The van der Waals surface area contributed by atoms with Gasteiger partial charge in [0.15, 0.2) is 0 Å². The first kappa shape index (κ1) is 17.2. The summed E-state index contributed by atoms with van der Waals surface area (Å²) in [7, 11) is -3.61. The highest BCUT2D eigenvalue weighted by molar-refractivity contribution is 7.94.